The molecule has 2 atom stereocenters. The first-order chi connectivity index (χ1) is 6.61. The van der Waals surface area contributed by atoms with Gasteiger partial charge in [0.25, 0.3) is 12.5 Å². The number of ether oxygens (including phenoxy) is 2. The summed E-state index contributed by atoms with van der Waals surface area (Å²) in [5, 5.41) is 16.8. The lowest BCUT2D eigenvalue weighted by molar-refractivity contribution is 0.138. The van der Waals surface area contributed by atoms with Gasteiger partial charge in [-0.2, -0.15) is 10.5 Å². The highest BCUT2D eigenvalue weighted by Crippen LogP contribution is 2.24. The van der Waals surface area contributed by atoms with Crippen LogP contribution in [0.1, 0.15) is 13.8 Å². The lowest BCUT2D eigenvalue weighted by Gasteiger charge is -2.25. The van der Waals surface area contributed by atoms with Crippen molar-refractivity contribution in [2.24, 2.45) is 0 Å². The van der Waals surface area contributed by atoms with E-state index < -0.39 is 5.60 Å². The van der Waals surface area contributed by atoms with Crippen molar-refractivity contribution in [3.63, 3.8) is 0 Å². The molecule has 0 aromatic heterocycles. The van der Waals surface area contributed by atoms with Crippen LogP contribution in [-0.2, 0) is 9.47 Å². The molecule has 0 spiro atoms. The van der Waals surface area contributed by atoms with Crippen molar-refractivity contribution in [3.8, 4) is 12.5 Å². The topological polar surface area (TPSA) is 66.0 Å². The van der Waals surface area contributed by atoms with Crippen LogP contribution in [0.4, 0.5) is 0 Å². The van der Waals surface area contributed by atoms with Gasteiger partial charge in [-0.25, -0.2) is 0 Å². The molecule has 0 radical (unpaired) electrons. The van der Waals surface area contributed by atoms with Crippen molar-refractivity contribution >= 4 is 0 Å². The Kier molecular flexibility index (Phi) is 2.79. The minimum absolute atomic E-state index is 0.338. The highest BCUT2D eigenvalue weighted by atomic mass is 16.5. The summed E-state index contributed by atoms with van der Waals surface area (Å²) in [6.45, 7) is 3.59. The molecule has 1 rings (SSSR count). The zero-order valence-electron chi connectivity index (χ0n) is 8.02. The molecule has 14 heavy (non-hydrogen) atoms. The molecule has 0 aromatic carbocycles. The molecule has 0 N–H and O–H groups in total. The minimum atomic E-state index is -0.714. The summed E-state index contributed by atoms with van der Waals surface area (Å²) < 4.78 is 9.65. The van der Waals surface area contributed by atoms with Crippen LogP contribution >= 0.6 is 0 Å². The van der Waals surface area contributed by atoms with Crippen LogP contribution < -0.4 is 0 Å². The zero-order chi connectivity index (χ0) is 10.6. The molecule has 0 aliphatic heterocycles. The fourth-order valence-corrected chi connectivity index (χ4v) is 1.36. The number of nitrogens with zero attached hydrogens (tertiary/aromatic N) is 2. The summed E-state index contributed by atoms with van der Waals surface area (Å²) in [6, 6.07) is 0. The molecule has 4 nitrogen and oxygen atoms in total. The van der Waals surface area contributed by atoms with Gasteiger partial charge in [-0.15, -0.1) is 0 Å². The first kappa shape index (κ1) is 10.1. The monoisotopic (exact) mass is 190 g/mol. The maximum Gasteiger partial charge on any atom is 0.287 e. The molecule has 4 heteroatoms. The van der Waals surface area contributed by atoms with Gasteiger partial charge in [0.05, 0.1) is 0 Å². The van der Waals surface area contributed by atoms with E-state index in [1.54, 1.807) is 37.7 Å². The van der Waals surface area contributed by atoms with Gasteiger partial charge in [0, 0.05) is 0 Å². The molecule has 0 bridgehead atoms. The third kappa shape index (κ3) is 2.05. The molecule has 0 fully saturated rings. The van der Waals surface area contributed by atoms with Gasteiger partial charge < -0.3 is 9.47 Å². The van der Waals surface area contributed by atoms with Crippen molar-refractivity contribution in [1.82, 2.24) is 0 Å². The Morgan fingerprint density at radius 2 is 2.14 bits per heavy atom. The quantitative estimate of drug-likeness (QED) is 0.490. The number of nitriles is 2. The number of hydrogen-bond acceptors (Lipinski definition) is 4. The molecule has 1 aliphatic rings. The highest BCUT2D eigenvalue weighted by molar-refractivity contribution is 5.29. The number of rotatable bonds is 2. The van der Waals surface area contributed by atoms with Crippen molar-refractivity contribution in [2.75, 3.05) is 0 Å². The van der Waals surface area contributed by atoms with Crippen molar-refractivity contribution in [1.29, 1.82) is 10.5 Å². The van der Waals surface area contributed by atoms with Gasteiger partial charge in [0.15, 0.2) is 11.7 Å². The molecule has 0 heterocycles. The largest absolute Gasteiger partial charge is 0.415 e. The lowest BCUT2D eigenvalue weighted by Crippen LogP contribution is -2.27. The minimum Gasteiger partial charge on any atom is -0.415 e. The van der Waals surface area contributed by atoms with E-state index in [1.165, 1.54) is 0 Å². The van der Waals surface area contributed by atoms with Gasteiger partial charge in [-0.05, 0) is 37.6 Å². The fraction of sp³-hybridized carbons (Fsp3) is 0.400. The lowest BCUT2D eigenvalue weighted by atomic mass is 9.93. The second kappa shape index (κ2) is 3.85. The average molecular weight is 190 g/mol. The maximum absolute atomic E-state index is 8.42. The molecule has 0 amide bonds. The van der Waals surface area contributed by atoms with Gasteiger partial charge in [-0.1, -0.05) is 0 Å². The maximum atomic E-state index is 8.42. The summed E-state index contributed by atoms with van der Waals surface area (Å²) in [5.41, 5.74) is 0.139. The Morgan fingerprint density at radius 1 is 1.43 bits per heavy atom. The van der Waals surface area contributed by atoms with Crippen LogP contribution in [0.15, 0.2) is 23.8 Å². The fourth-order valence-electron chi connectivity index (χ4n) is 1.36. The van der Waals surface area contributed by atoms with Crippen LogP contribution in [0.3, 0.4) is 0 Å². The average Bonchev–Trinajstić information content (AvgIpc) is 2.10. The normalized spacial score (nSPS) is 29.7. The van der Waals surface area contributed by atoms with E-state index in [2.05, 4.69) is 0 Å². The van der Waals surface area contributed by atoms with E-state index in [4.69, 9.17) is 20.0 Å². The zero-order valence-corrected chi connectivity index (χ0v) is 8.02. The molecule has 0 aromatic rings. The molecular weight excluding hydrogens is 180 g/mol. The molecule has 0 saturated carbocycles. The first-order valence-corrected chi connectivity index (χ1v) is 4.12. The van der Waals surface area contributed by atoms with E-state index in [1.807, 2.05) is 6.92 Å². The van der Waals surface area contributed by atoms with Gasteiger partial charge in [0.1, 0.15) is 0 Å². The van der Waals surface area contributed by atoms with Crippen LogP contribution in [0.5, 0.6) is 0 Å². The predicted molar refractivity (Wildman–Crippen MR) is 48.5 cm³/mol. The summed E-state index contributed by atoms with van der Waals surface area (Å²) in [5.74, 6) is 0. The van der Waals surface area contributed by atoms with E-state index in [9.17, 15) is 0 Å². The molecule has 1 aliphatic carbocycles. The second-order valence-corrected chi connectivity index (χ2v) is 3.25. The third-order valence-electron chi connectivity index (χ3n) is 2.01. The molecule has 72 valence electrons. The Balaban J connectivity index is 2.82. The van der Waals surface area contributed by atoms with Gasteiger partial charge in [-0.3, -0.25) is 0 Å². The molecular formula is C10H10N2O2. The second-order valence-electron chi connectivity index (χ2n) is 3.25. The van der Waals surface area contributed by atoms with Crippen LogP contribution in [-0.4, -0.2) is 11.7 Å². The van der Waals surface area contributed by atoms with Crippen molar-refractivity contribution in [2.45, 2.75) is 25.6 Å². The van der Waals surface area contributed by atoms with E-state index >= 15 is 0 Å². The van der Waals surface area contributed by atoms with E-state index in [0.29, 0.717) is 0 Å². The highest BCUT2D eigenvalue weighted by Gasteiger charge is 2.26. The van der Waals surface area contributed by atoms with Crippen molar-refractivity contribution in [3.05, 3.63) is 23.8 Å². The Hall–Kier alpha value is -1.94. The van der Waals surface area contributed by atoms with Crippen molar-refractivity contribution < 1.29 is 9.47 Å². The van der Waals surface area contributed by atoms with E-state index in [-0.39, 0.29) is 6.10 Å². The Morgan fingerprint density at radius 3 is 2.64 bits per heavy atom. The summed E-state index contributed by atoms with van der Waals surface area (Å²) in [7, 11) is 0. The summed E-state index contributed by atoms with van der Waals surface area (Å²) in [4.78, 5) is 0. The smallest absolute Gasteiger partial charge is 0.287 e. The van der Waals surface area contributed by atoms with Crippen LogP contribution in [0.2, 0.25) is 0 Å². The Labute approximate surface area is 82.7 Å². The standard InChI is InChI=1S/C10H10N2O2/c1-8-5-10(2,14-7-12)4-3-9(8)13-6-11/h3-5,9H,1-2H3. The van der Waals surface area contributed by atoms with Gasteiger partial charge in [0.2, 0.25) is 0 Å². The summed E-state index contributed by atoms with van der Waals surface area (Å²) in [6.07, 6.45) is 8.10. The van der Waals surface area contributed by atoms with Gasteiger partial charge >= 0.3 is 0 Å². The molecule has 2 unspecified atom stereocenters. The van der Waals surface area contributed by atoms with Crippen LogP contribution in [0, 0.1) is 23.0 Å². The number of hydrogen-bond donors (Lipinski definition) is 0. The molecule has 0 saturated heterocycles. The van der Waals surface area contributed by atoms with Crippen LogP contribution in [0.25, 0.3) is 0 Å². The predicted octanol–water partition coefficient (Wildman–Crippen LogP) is 1.63. The SMILES string of the molecule is CC1=CC(C)(OC#N)C=CC1OC#N. The Bertz CT molecular complexity index is 359. The third-order valence-corrected chi connectivity index (χ3v) is 2.01. The van der Waals surface area contributed by atoms with E-state index in [0.717, 1.165) is 5.57 Å². The first-order valence-electron chi connectivity index (χ1n) is 4.12. The summed E-state index contributed by atoms with van der Waals surface area (Å²) >= 11 is 0.